The molecule has 2 N–H and O–H groups in total. The number of hydrogen-bond donors (Lipinski definition) is 2. The van der Waals surface area contributed by atoms with Crippen molar-refractivity contribution in [2.45, 2.75) is 39.5 Å². The Hall–Kier alpha value is -2.34. The second-order valence-electron chi connectivity index (χ2n) is 5.87. The molecule has 0 fully saturated rings. The third-order valence-electron chi connectivity index (χ3n) is 3.47. The van der Waals surface area contributed by atoms with Crippen molar-refractivity contribution in [2.75, 3.05) is 6.54 Å². The number of amides is 2. The molecule has 0 aliphatic rings. The van der Waals surface area contributed by atoms with E-state index in [4.69, 9.17) is 0 Å². The molecule has 23 heavy (non-hydrogen) atoms. The maximum atomic E-state index is 12.3. The summed E-state index contributed by atoms with van der Waals surface area (Å²) in [6, 6.07) is 9.57. The summed E-state index contributed by atoms with van der Waals surface area (Å²) in [5.41, 5.74) is 1.94. The highest BCUT2D eigenvalue weighted by Crippen LogP contribution is 2.10. The van der Waals surface area contributed by atoms with Crippen molar-refractivity contribution in [2.24, 2.45) is 0 Å². The lowest BCUT2D eigenvalue weighted by atomic mass is 10.2. The van der Waals surface area contributed by atoms with Gasteiger partial charge in [-0.05, 0) is 44.5 Å². The zero-order valence-electron chi connectivity index (χ0n) is 13.8. The maximum absolute atomic E-state index is 12.3. The maximum Gasteiger partial charge on any atom is 0.317 e. The standard InChI is InChI=1S/C17H24N4O2/c1-13(2)20(12-14(3)22)17(23)18-11-15-6-4-7-16(10-15)21-9-5-8-19-21/h4-10,13-14,22H,11-12H2,1-3H3,(H,18,23). The lowest BCUT2D eigenvalue weighted by Crippen LogP contribution is -2.46. The van der Waals surface area contributed by atoms with E-state index in [9.17, 15) is 9.90 Å². The quantitative estimate of drug-likeness (QED) is 0.858. The molecule has 0 saturated heterocycles. The molecule has 2 aromatic rings. The van der Waals surface area contributed by atoms with Crippen molar-refractivity contribution in [3.8, 4) is 5.69 Å². The van der Waals surface area contributed by atoms with Crippen LogP contribution in [-0.4, -0.2) is 44.5 Å². The second kappa shape index (κ2) is 7.78. The molecule has 6 nitrogen and oxygen atoms in total. The van der Waals surface area contributed by atoms with E-state index in [1.54, 1.807) is 22.7 Å². The minimum atomic E-state index is -0.550. The SMILES string of the molecule is CC(O)CN(C(=O)NCc1cccc(-n2cccn2)c1)C(C)C. The minimum absolute atomic E-state index is 0.0278. The molecule has 0 radical (unpaired) electrons. The van der Waals surface area contributed by atoms with Gasteiger partial charge in [0.2, 0.25) is 0 Å². The number of aromatic nitrogens is 2. The van der Waals surface area contributed by atoms with Gasteiger partial charge in [-0.1, -0.05) is 12.1 Å². The smallest absolute Gasteiger partial charge is 0.317 e. The number of hydrogen-bond acceptors (Lipinski definition) is 3. The van der Waals surface area contributed by atoms with Crippen molar-refractivity contribution >= 4 is 6.03 Å². The highest BCUT2D eigenvalue weighted by atomic mass is 16.3. The molecule has 0 saturated carbocycles. The summed E-state index contributed by atoms with van der Waals surface area (Å²) in [7, 11) is 0. The first-order valence-electron chi connectivity index (χ1n) is 7.79. The van der Waals surface area contributed by atoms with Crippen LogP contribution in [0.5, 0.6) is 0 Å². The van der Waals surface area contributed by atoms with Gasteiger partial charge in [0.15, 0.2) is 0 Å². The first kappa shape index (κ1) is 17.0. The van der Waals surface area contributed by atoms with Gasteiger partial charge in [0.05, 0.1) is 11.8 Å². The van der Waals surface area contributed by atoms with Crippen LogP contribution in [-0.2, 0) is 6.54 Å². The molecule has 1 unspecified atom stereocenters. The average molecular weight is 316 g/mol. The Bertz CT molecular complexity index is 623. The molecule has 1 atom stereocenters. The number of nitrogens with one attached hydrogen (secondary N) is 1. The van der Waals surface area contributed by atoms with Crippen LogP contribution in [0.4, 0.5) is 4.79 Å². The van der Waals surface area contributed by atoms with Crippen molar-refractivity contribution < 1.29 is 9.90 Å². The lowest BCUT2D eigenvalue weighted by Gasteiger charge is -2.28. The van der Waals surface area contributed by atoms with E-state index >= 15 is 0 Å². The van der Waals surface area contributed by atoms with Crippen molar-refractivity contribution in [1.29, 1.82) is 0 Å². The molecule has 124 valence electrons. The first-order valence-corrected chi connectivity index (χ1v) is 7.79. The summed E-state index contributed by atoms with van der Waals surface area (Å²) in [4.78, 5) is 13.9. The fourth-order valence-corrected chi connectivity index (χ4v) is 2.32. The Morgan fingerprint density at radius 2 is 2.13 bits per heavy atom. The molecule has 1 aromatic heterocycles. The summed E-state index contributed by atoms with van der Waals surface area (Å²) in [5.74, 6) is 0. The summed E-state index contributed by atoms with van der Waals surface area (Å²) in [5, 5.41) is 16.6. The summed E-state index contributed by atoms with van der Waals surface area (Å²) in [6.07, 6.45) is 3.05. The third-order valence-corrected chi connectivity index (χ3v) is 3.47. The van der Waals surface area contributed by atoms with Crippen molar-refractivity contribution in [1.82, 2.24) is 20.0 Å². The third kappa shape index (κ3) is 4.82. The molecule has 6 heteroatoms. The van der Waals surface area contributed by atoms with Crippen LogP contribution in [0.15, 0.2) is 42.7 Å². The topological polar surface area (TPSA) is 70.4 Å². The normalized spacial score (nSPS) is 12.2. The van der Waals surface area contributed by atoms with Gasteiger partial charge in [0.25, 0.3) is 0 Å². The number of aliphatic hydroxyl groups excluding tert-OH is 1. The van der Waals surface area contributed by atoms with Gasteiger partial charge in [-0.3, -0.25) is 0 Å². The van der Waals surface area contributed by atoms with Crippen LogP contribution < -0.4 is 5.32 Å². The van der Waals surface area contributed by atoms with Crippen LogP contribution in [0.1, 0.15) is 26.3 Å². The Balaban J connectivity index is 2.00. The highest BCUT2D eigenvalue weighted by Gasteiger charge is 2.18. The molecular weight excluding hydrogens is 292 g/mol. The fraction of sp³-hybridized carbons (Fsp3) is 0.412. The number of carbonyl (C=O) groups excluding carboxylic acids is 1. The minimum Gasteiger partial charge on any atom is -0.392 e. The van der Waals surface area contributed by atoms with Crippen LogP contribution in [0.2, 0.25) is 0 Å². The van der Waals surface area contributed by atoms with Gasteiger partial charge < -0.3 is 15.3 Å². The molecule has 0 spiro atoms. The fourth-order valence-electron chi connectivity index (χ4n) is 2.32. The number of benzene rings is 1. The largest absolute Gasteiger partial charge is 0.392 e. The summed E-state index contributed by atoms with van der Waals surface area (Å²) < 4.78 is 1.78. The van der Waals surface area contributed by atoms with E-state index in [0.717, 1.165) is 11.3 Å². The first-order chi connectivity index (χ1) is 11.0. The van der Waals surface area contributed by atoms with Gasteiger partial charge in [-0.15, -0.1) is 0 Å². The molecule has 1 heterocycles. The highest BCUT2D eigenvalue weighted by molar-refractivity contribution is 5.74. The average Bonchev–Trinajstić information content (AvgIpc) is 3.04. The molecule has 1 aromatic carbocycles. The predicted molar refractivity (Wildman–Crippen MR) is 89.3 cm³/mol. The monoisotopic (exact) mass is 316 g/mol. The van der Waals surface area contributed by atoms with Gasteiger partial charge in [0.1, 0.15) is 0 Å². The Kier molecular flexibility index (Phi) is 5.76. The second-order valence-corrected chi connectivity index (χ2v) is 5.87. The van der Waals surface area contributed by atoms with Gasteiger partial charge in [-0.25, -0.2) is 9.48 Å². The van der Waals surface area contributed by atoms with Gasteiger partial charge >= 0.3 is 6.03 Å². The Labute approximate surface area is 136 Å². The number of aliphatic hydroxyl groups is 1. The van der Waals surface area contributed by atoms with E-state index < -0.39 is 6.10 Å². The molecular formula is C17H24N4O2. The van der Waals surface area contributed by atoms with Crippen molar-refractivity contribution in [3.63, 3.8) is 0 Å². The van der Waals surface area contributed by atoms with Crippen LogP contribution in [0, 0.1) is 0 Å². The number of carbonyl (C=O) groups is 1. The Morgan fingerprint density at radius 1 is 1.35 bits per heavy atom. The van der Waals surface area contributed by atoms with E-state index in [0.29, 0.717) is 13.1 Å². The van der Waals surface area contributed by atoms with Crippen LogP contribution in [0.25, 0.3) is 5.69 Å². The molecule has 0 bridgehead atoms. The van der Waals surface area contributed by atoms with E-state index in [1.807, 2.05) is 50.4 Å². The zero-order valence-corrected chi connectivity index (χ0v) is 13.8. The van der Waals surface area contributed by atoms with Gasteiger partial charge in [0, 0.05) is 31.5 Å². The number of rotatable bonds is 6. The predicted octanol–water partition coefficient (Wildman–Crippen LogP) is 2.17. The van der Waals surface area contributed by atoms with Crippen LogP contribution in [0.3, 0.4) is 0 Å². The van der Waals surface area contributed by atoms with E-state index in [-0.39, 0.29) is 12.1 Å². The van der Waals surface area contributed by atoms with Crippen molar-refractivity contribution in [3.05, 3.63) is 48.3 Å². The number of nitrogens with zero attached hydrogens (tertiary/aromatic N) is 3. The molecule has 2 amide bonds. The van der Waals surface area contributed by atoms with Crippen LogP contribution >= 0.6 is 0 Å². The Morgan fingerprint density at radius 3 is 2.74 bits per heavy atom. The number of urea groups is 1. The lowest BCUT2D eigenvalue weighted by molar-refractivity contribution is 0.119. The molecule has 0 aliphatic heterocycles. The molecule has 2 rings (SSSR count). The summed E-state index contributed by atoms with van der Waals surface area (Å²) in [6.45, 7) is 6.28. The zero-order chi connectivity index (χ0) is 16.8. The van der Waals surface area contributed by atoms with E-state index in [1.165, 1.54) is 0 Å². The van der Waals surface area contributed by atoms with E-state index in [2.05, 4.69) is 10.4 Å². The molecule has 0 aliphatic carbocycles. The summed E-state index contributed by atoms with van der Waals surface area (Å²) >= 11 is 0. The van der Waals surface area contributed by atoms with Gasteiger partial charge in [-0.2, -0.15) is 5.10 Å².